The van der Waals surface area contributed by atoms with Gasteiger partial charge in [-0.3, -0.25) is 14.9 Å². The fourth-order valence-corrected chi connectivity index (χ4v) is 3.18. The topological polar surface area (TPSA) is 87.5 Å². The number of amides is 1. The first-order valence-electron chi connectivity index (χ1n) is 8.91. The second-order valence-electron chi connectivity index (χ2n) is 6.73. The molecule has 0 atom stereocenters. The molecule has 1 aliphatic heterocycles. The van der Waals surface area contributed by atoms with E-state index >= 15 is 0 Å². The molecule has 1 saturated heterocycles. The molecule has 138 valence electrons. The highest BCUT2D eigenvalue weighted by atomic mass is 16.6. The van der Waals surface area contributed by atoms with Crippen LogP contribution in [0.4, 0.5) is 11.4 Å². The van der Waals surface area contributed by atoms with Crippen LogP contribution in [0.15, 0.2) is 18.2 Å². The number of nitro groups is 1. The highest BCUT2D eigenvalue weighted by molar-refractivity contribution is 5.92. The molecule has 0 unspecified atom stereocenters. The molecular formula is C18H28N4O3. The number of nitrogens with zero attached hydrogens (tertiary/aromatic N) is 2. The van der Waals surface area contributed by atoms with Gasteiger partial charge in [-0.25, -0.2) is 0 Å². The number of rotatable bonds is 8. The van der Waals surface area contributed by atoms with Crippen molar-refractivity contribution in [3.63, 3.8) is 0 Å². The summed E-state index contributed by atoms with van der Waals surface area (Å²) in [4.78, 5) is 24.9. The number of carbonyl (C=O) groups excluding carboxylic acids is 1. The van der Waals surface area contributed by atoms with Crippen molar-refractivity contribution in [3.8, 4) is 0 Å². The maximum absolute atomic E-state index is 12.2. The molecule has 1 heterocycles. The minimum Gasteiger partial charge on any atom is -0.326 e. The number of likely N-dealkylation sites (tertiary alicyclic amines) is 1. The molecule has 1 fully saturated rings. The van der Waals surface area contributed by atoms with Gasteiger partial charge in [0, 0.05) is 25.1 Å². The third-order valence-electron chi connectivity index (χ3n) is 4.87. The smallest absolute Gasteiger partial charge is 0.271 e. The number of anilines is 1. The van der Waals surface area contributed by atoms with Crippen LogP contribution < -0.4 is 10.6 Å². The SMILES string of the molecule is CNCCC1CCN(CCC(=O)Nc2cc([N+](=O)[O-])ccc2C)CC1. The maximum atomic E-state index is 12.2. The highest BCUT2D eigenvalue weighted by Gasteiger charge is 2.19. The summed E-state index contributed by atoms with van der Waals surface area (Å²) in [5.41, 5.74) is 1.33. The summed E-state index contributed by atoms with van der Waals surface area (Å²) in [5, 5.41) is 16.9. The molecule has 1 aliphatic rings. The minimum absolute atomic E-state index is 0.00968. The Labute approximate surface area is 148 Å². The lowest BCUT2D eigenvalue weighted by atomic mass is 9.93. The number of carbonyl (C=O) groups is 1. The first-order valence-corrected chi connectivity index (χ1v) is 8.91. The number of nitro benzene ring substituents is 1. The van der Waals surface area contributed by atoms with Crippen molar-refractivity contribution < 1.29 is 9.72 Å². The maximum Gasteiger partial charge on any atom is 0.271 e. The van der Waals surface area contributed by atoms with Crippen LogP contribution in [0.25, 0.3) is 0 Å². The molecule has 7 nitrogen and oxygen atoms in total. The lowest BCUT2D eigenvalue weighted by Gasteiger charge is -2.31. The molecule has 0 saturated carbocycles. The normalized spacial score (nSPS) is 15.9. The summed E-state index contributed by atoms with van der Waals surface area (Å²) in [7, 11) is 1.98. The second kappa shape index (κ2) is 9.48. The molecule has 2 N–H and O–H groups in total. The summed E-state index contributed by atoms with van der Waals surface area (Å²) in [6, 6.07) is 4.52. The first-order chi connectivity index (χ1) is 12.0. The zero-order valence-corrected chi connectivity index (χ0v) is 15.1. The summed E-state index contributed by atoms with van der Waals surface area (Å²) in [6.07, 6.45) is 4.00. The third-order valence-corrected chi connectivity index (χ3v) is 4.87. The Hall–Kier alpha value is -1.99. The lowest BCUT2D eigenvalue weighted by molar-refractivity contribution is -0.384. The van der Waals surface area contributed by atoms with E-state index in [0.717, 1.165) is 37.7 Å². The van der Waals surface area contributed by atoms with E-state index in [2.05, 4.69) is 15.5 Å². The number of benzene rings is 1. The Morgan fingerprint density at radius 3 is 2.72 bits per heavy atom. The van der Waals surface area contributed by atoms with Gasteiger partial charge in [0.25, 0.3) is 5.69 Å². The summed E-state index contributed by atoms with van der Waals surface area (Å²) in [6.45, 7) is 5.71. The number of hydrogen-bond donors (Lipinski definition) is 2. The Kier molecular flexibility index (Phi) is 7.33. The molecule has 2 rings (SSSR count). The van der Waals surface area contributed by atoms with Crippen molar-refractivity contribution >= 4 is 17.3 Å². The monoisotopic (exact) mass is 348 g/mol. The van der Waals surface area contributed by atoms with E-state index in [1.807, 2.05) is 14.0 Å². The van der Waals surface area contributed by atoms with Gasteiger partial charge >= 0.3 is 0 Å². The highest BCUT2D eigenvalue weighted by Crippen LogP contribution is 2.22. The van der Waals surface area contributed by atoms with Crippen LogP contribution in [-0.2, 0) is 4.79 Å². The number of piperidine rings is 1. The van der Waals surface area contributed by atoms with Crippen LogP contribution >= 0.6 is 0 Å². The summed E-state index contributed by atoms with van der Waals surface area (Å²) in [5.74, 6) is 0.686. The predicted octanol–water partition coefficient (Wildman–Crippen LogP) is 2.55. The molecule has 1 aromatic rings. The first kappa shape index (κ1) is 19.3. The van der Waals surface area contributed by atoms with E-state index in [1.165, 1.54) is 31.4 Å². The van der Waals surface area contributed by atoms with Gasteiger partial charge in [0.2, 0.25) is 5.91 Å². The van der Waals surface area contributed by atoms with Gasteiger partial charge in [-0.15, -0.1) is 0 Å². The van der Waals surface area contributed by atoms with Gasteiger partial charge < -0.3 is 15.5 Å². The number of hydrogen-bond acceptors (Lipinski definition) is 5. The molecule has 0 radical (unpaired) electrons. The van der Waals surface area contributed by atoms with E-state index in [9.17, 15) is 14.9 Å². The zero-order chi connectivity index (χ0) is 18.2. The van der Waals surface area contributed by atoms with Crippen molar-refractivity contribution in [2.45, 2.75) is 32.6 Å². The van der Waals surface area contributed by atoms with E-state index in [1.54, 1.807) is 6.07 Å². The molecule has 0 spiro atoms. The Morgan fingerprint density at radius 2 is 2.08 bits per heavy atom. The van der Waals surface area contributed by atoms with Crippen LogP contribution in [0.5, 0.6) is 0 Å². The lowest BCUT2D eigenvalue weighted by Crippen LogP contribution is -2.36. The fraction of sp³-hybridized carbons (Fsp3) is 0.611. The number of nitrogens with one attached hydrogen (secondary N) is 2. The Morgan fingerprint density at radius 1 is 1.36 bits per heavy atom. The predicted molar refractivity (Wildman–Crippen MR) is 98.8 cm³/mol. The molecule has 7 heteroatoms. The number of aryl methyl sites for hydroxylation is 1. The molecule has 0 aromatic heterocycles. The van der Waals surface area contributed by atoms with Crippen molar-refractivity contribution in [2.75, 3.05) is 38.5 Å². The quantitative estimate of drug-likeness (QED) is 0.557. The Balaban J connectivity index is 1.76. The largest absolute Gasteiger partial charge is 0.326 e. The van der Waals surface area contributed by atoms with Crippen molar-refractivity contribution in [2.24, 2.45) is 5.92 Å². The van der Waals surface area contributed by atoms with Crippen molar-refractivity contribution in [1.29, 1.82) is 0 Å². The fourth-order valence-electron chi connectivity index (χ4n) is 3.18. The summed E-state index contributed by atoms with van der Waals surface area (Å²) < 4.78 is 0. The average Bonchev–Trinajstić information content (AvgIpc) is 2.60. The molecule has 25 heavy (non-hydrogen) atoms. The van der Waals surface area contributed by atoms with Gasteiger partial charge in [0.05, 0.1) is 10.6 Å². The van der Waals surface area contributed by atoms with Gasteiger partial charge in [-0.2, -0.15) is 0 Å². The van der Waals surface area contributed by atoms with E-state index < -0.39 is 4.92 Å². The molecule has 1 amide bonds. The Bertz CT molecular complexity index is 598. The van der Waals surface area contributed by atoms with Gasteiger partial charge in [0.15, 0.2) is 0 Å². The van der Waals surface area contributed by atoms with Crippen molar-refractivity contribution in [3.05, 3.63) is 33.9 Å². The molecule has 0 bridgehead atoms. The van der Waals surface area contributed by atoms with Crippen LogP contribution in [-0.4, -0.2) is 49.0 Å². The van der Waals surface area contributed by atoms with Crippen LogP contribution in [0.1, 0.15) is 31.2 Å². The molecular weight excluding hydrogens is 320 g/mol. The minimum atomic E-state index is -0.451. The van der Waals surface area contributed by atoms with Crippen LogP contribution in [0.3, 0.4) is 0 Å². The molecule has 1 aromatic carbocycles. The summed E-state index contributed by atoms with van der Waals surface area (Å²) >= 11 is 0. The van der Waals surface area contributed by atoms with Gasteiger partial charge in [-0.05, 0) is 64.3 Å². The number of non-ortho nitro benzene ring substituents is 1. The standard InChI is InChI=1S/C18H28N4O3/c1-14-3-4-16(22(24)25)13-17(14)20-18(23)8-12-21-10-6-15(7-11-21)5-9-19-2/h3-4,13,15,19H,5-12H2,1-2H3,(H,20,23). The van der Waals surface area contributed by atoms with Crippen LogP contribution in [0.2, 0.25) is 0 Å². The van der Waals surface area contributed by atoms with Crippen LogP contribution in [0, 0.1) is 23.0 Å². The van der Waals surface area contributed by atoms with E-state index in [4.69, 9.17) is 0 Å². The van der Waals surface area contributed by atoms with E-state index in [-0.39, 0.29) is 11.6 Å². The van der Waals surface area contributed by atoms with E-state index in [0.29, 0.717) is 12.1 Å². The average molecular weight is 348 g/mol. The zero-order valence-electron chi connectivity index (χ0n) is 15.1. The third kappa shape index (κ3) is 6.10. The second-order valence-corrected chi connectivity index (χ2v) is 6.73. The molecule has 0 aliphatic carbocycles. The van der Waals surface area contributed by atoms with Gasteiger partial charge in [0.1, 0.15) is 0 Å². The van der Waals surface area contributed by atoms with Gasteiger partial charge in [-0.1, -0.05) is 6.07 Å². The van der Waals surface area contributed by atoms with Crippen molar-refractivity contribution in [1.82, 2.24) is 10.2 Å².